The van der Waals surface area contributed by atoms with Crippen molar-refractivity contribution in [2.75, 3.05) is 0 Å². The van der Waals surface area contributed by atoms with E-state index in [0.29, 0.717) is 0 Å². The largest absolute Gasteiger partial charge is 0.256 e. The van der Waals surface area contributed by atoms with E-state index in [4.69, 9.17) is 0 Å². The van der Waals surface area contributed by atoms with Gasteiger partial charge in [-0.1, -0.05) is 76.6 Å². The van der Waals surface area contributed by atoms with Gasteiger partial charge in [0.2, 0.25) is 0 Å². The first-order valence-corrected chi connectivity index (χ1v) is 9.88. The topological polar surface area (TPSA) is 12.9 Å². The first-order valence-electron chi connectivity index (χ1n) is 8.29. The predicted molar refractivity (Wildman–Crippen MR) is 116 cm³/mol. The van der Waals surface area contributed by atoms with E-state index in [2.05, 4.69) is 97.5 Å². The third-order valence-corrected chi connectivity index (χ3v) is 5.84. The van der Waals surface area contributed by atoms with Gasteiger partial charge in [0.25, 0.3) is 0 Å². The molecule has 0 saturated heterocycles. The Morgan fingerprint density at radius 3 is 2.08 bits per heavy atom. The smallest absolute Gasteiger partial charge is 0.0702 e. The second kappa shape index (κ2) is 7.56. The van der Waals surface area contributed by atoms with Crippen LogP contribution in [0.15, 0.2) is 100 Å². The van der Waals surface area contributed by atoms with Crippen LogP contribution in [0.4, 0.5) is 0 Å². The summed E-state index contributed by atoms with van der Waals surface area (Å²) in [5.74, 6) is 0. The van der Waals surface area contributed by atoms with Gasteiger partial charge in [0, 0.05) is 20.7 Å². The van der Waals surface area contributed by atoms with Crippen LogP contribution in [-0.2, 0) is 0 Å². The van der Waals surface area contributed by atoms with E-state index >= 15 is 0 Å². The van der Waals surface area contributed by atoms with Crippen molar-refractivity contribution in [3.05, 3.63) is 100 Å². The van der Waals surface area contributed by atoms with Gasteiger partial charge in [-0.3, -0.25) is 4.98 Å². The van der Waals surface area contributed by atoms with Crippen LogP contribution >= 0.6 is 31.9 Å². The molecule has 0 bridgehead atoms. The van der Waals surface area contributed by atoms with Crippen molar-refractivity contribution >= 4 is 31.9 Å². The lowest BCUT2D eigenvalue weighted by Crippen LogP contribution is -1.88. The van der Waals surface area contributed by atoms with Crippen molar-refractivity contribution < 1.29 is 0 Å². The van der Waals surface area contributed by atoms with E-state index in [1.165, 1.54) is 11.1 Å². The number of halogens is 2. The highest BCUT2D eigenvalue weighted by Gasteiger charge is 2.12. The summed E-state index contributed by atoms with van der Waals surface area (Å²) in [4.78, 5) is 4.47. The van der Waals surface area contributed by atoms with Crippen LogP contribution in [0.1, 0.15) is 0 Å². The maximum atomic E-state index is 4.47. The zero-order chi connectivity index (χ0) is 17.9. The van der Waals surface area contributed by atoms with Gasteiger partial charge in [-0.15, -0.1) is 0 Å². The van der Waals surface area contributed by atoms with Crippen LogP contribution in [-0.4, -0.2) is 4.98 Å². The standard InChI is InChI=1S/C23H15Br2N/c24-21-12-2-1-9-19(21)20-11-6-10-18(23(20)25)16-7-5-8-17(15-16)22-13-3-4-14-26-22/h1-15H. The lowest BCUT2D eigenvalue weighted by atomic mass is 9.97. The molecule has 126 valence electrons. The first kappa shape index (κ1) is 17.2. The minimum atomic E-state index is 0.979. The minimum absolute atomic E-state index is 0.979. The third kappa shape index (κ3) is 3.37. The van der Waals surface area contributed by atoms with Crippen LogP contribution in [0.2, 0.25) is 0 Å². The highest BCUT2D eigenvalue weighted by atomic mass is 79.9. The Labute approximate surface area is 170 Å². The van der Waals surface area contributed by atoms with Crippen LogP contribution in [0.3, 0.4) is 0 Å². The molecule has 0 unspecified atom stereocenters. The minimum Gasteiger partial charge on any atom is -0.256 e. The molecular formula is C23H15Br2N. The maximum absolute atomic E-state index is 4.47. The van der Waals surface area contributed by atoms with Crippen LogP contribution in [0, 0.1) is 0 Å². The number of nitrogens with zero attached hydrogens (tertiary/aromatic N) is 1. The molecule has 3 heteroatoms. The SMILES string of the molecule is Brc1ccccc1-c1cccc(-c2cccc(-c3ccccn3)c2)c1Br. The number of hydrogen-bond donors (Lipinski definition) is 0. The highest BCUT2D eigenvalue weighted by Crippen LogP contribution is 2.39. The van der Waals surface area contributed by atoms with E-state index in [0.717, 1.165) is 31.3 Å². The second-order valence-corrected chi connectivity index (χ2v) is 7.59. The summed E-state index contributed by atoms with van der Waals surface area (Å²) in [6, 6.07) is 29.1. The summed E-state index contributed by atoms with van der Waals surface area (Å²) in [6.45, 7) is 0. The molecule has 4 rings (SSSR count). The summed E-state index contributed by atoms with van der Waals surface area (Å²) in [5, 5.41) is 0. The van der Waals surface area contributed by atoms with Crippen LogP contribution in [0.25, 0.3) is 33.5 Å². The molecule has 0 aliphatic heterocycles. The summed E-state index contributed by atoms with van der Waals surface area (Å²) in [6.07, 6.45) is 1.82. The van der Waals surface area contributed by atoms with E-state index in [-0.39, 0.29) is 0 Å². The Hall–Kier alpha value is -2.23. The Kier molecular flexibility index (Phi) is 5.00. The van der Waals surface area contributed by atoms with E-state index < -0.39 is 0 Å². The van der Waals surface area contributed by atoms with Gasteiger partial charge in [0.15, 0.2) is 0 Å². The molecule has 26 heavy (non-hydrogen) atoms. The van der Waals surface area contributed by atoms with Crippen molar-refractivity contribution in [3.63, 3.8) is 0 Å². The maximum Gasteiger partial charge on any atom is 0.0702 e. The van der Waals surface area contributed by atoms with Crippen molar-refractivity contribution in [2.24, 2.45) is 0 Å². The molecule has 0 spiro atoms. The summed E-state index contributed by atoms with van der Waals surface area (Å²) < 4.78 is 2.17. The zero-order valence-corrected chi connectivity index (χ0v) is 17.0. The molecule has 1 heterocycles. The van der Waals surface area contributed by atoms with Crippen LogP contribution < -0.4 is 0 Å². The molecule has 1 aromatic heterocycles. The molecule has 0 aliphatic carbocycles. The normalized spacial score (nSPS) is 10.7. The lowest BCUT2D eigenvalue weighted by molar-refractivity contribution is 1.33. The van der Waals surface area contributed by atoms with Gasteiger partial charge >= 0.3 is 0 Å². The molecule has 0 radical (unpaired) electrons. The average molecular weight is 465 g/mol. The fourth-order valence-electron chi connectivity index (χ4n) is 3.02. The van der Waals surface area contributed by atoms with Gasteiger partial charge in [0.05, 0.1) is 5.69 Å². The molecular weight excluding hydrogens is 450 g/mol. The predicted octanol–water partition coefficient (Wildman–Crippen LogP) is 7.61. The molecule has 4 aromatic rings. The van der Waals surface area contributed by atoms with Crippen molar-refractivity contribution in [1.29, 1.82) is 0 Å². The lowest BCUT2D eigenvalue weighted by Gasteiger charge is -2.13. The molecule has 3 aromatic carbocycles. The van der Waals surface area contributed by atoms with E-state index in [1.54, 1.807) is 0 Å². The molecule has 0 atom stereocenters. The van der Waals surface area contributed by atoms with Gasteiger partial charge in [-0.05, 0) is 62.4 Å². The molecule has 0 amide bonds. The van der Waals surface area contributed by atoms with Gasteiger partial charge in [0.1, 0.15) is 0 Å². The molecule has 0 saturated carbocycles. The highest BCUT2D eigenvalue weighted by molar-refractivity contribution is 9.11. The number of aromatic nitrogens is 1. The number of pyridine rings is 1. The Balaban J connectivity index is 1.83. The number of benzene rings is 3. The Morgan fingerprint density at radius 1 is 0.577 bits per heavy atom. The molecule has 1 nitrogen and oxygen atoms in total. The zero-order valence-electron chi connectivity index (χ0n) is 13.9. The average Bonchev–Trinajstić information content (AvgIpc) is 2.70. The van der Waals surface area contributed by atoms with E-state index in [9.17, 15) is 0 Å². The Bertz CT molecular complexity index is 1060. The summed E-state index contributed by atoms with van der Waals surface area (Å²) in [7, 11) is 0. The Morgan fingerprint density at radius 2 is 1.27 bits per heavy atom. The summed E-state index contributed by atoms with van der Waals surface area (Å²) >= 11 is 7.49. The van der Waals surface area contributed by atoms with Crippen molar-refractivity contribution in [3.8, 4) is 33.5 Å². The molecule has 0 aliphatic rings. The monoisotopic (exact) mass is 463 g/mol. The molecule has 0 N–H and O–H groups in total. The summed E-state index contributed by atoms with van der Waals surface area (Å²) in [5.41, 5.74) is 6.75. The number of hydrogen-bond acceptors (Lipinski definition) is 1. The first-order chi connectivity index (χ1) is 12.7. The fourth-order valence-corrected chi connectivity index (χ4v) is 4.23. The fraction of sp³-hybridized carbons (Fsp3) is 0. The molecule has 0 fully saturated rings. The van der Waals surface area contributed by atoms with Gasteiger partial charge in [-0.25, -0.2) is 0 Å². The van der Waals surface area contributed by atoms with Crippen molar-refractivity contribution in [1.82, 2.24) is 4.98 Å². The van der Waals surface area contributed by atoms with Crippen LogP contribution in [0.5, 0.6) is 0 Å². The number of rotatable bonds is 3. The van der Waals surface area contributed by atoms with Crippen molar-refractivity contribution in [2.45, 2.75) is 0 Å². The van der Waals surface area contributed by atoms with Gasteiger partial charge < -0.3 is 0 Å². The third-order valence-electron chi connectivity index (χ3n) is 4.30. The second-order valence-electron chi connectivity index (χ2n) is 5.94. The quantitative estimate of drug-likeness (QED) is 0.304. The van der Waals surface area contributed by atoms with E-state index in [1.807, 2.05) is 30.5 Å². The van der Waals surface area contributed by atoms with Gasteiger partial charge in [-0.2, -0.15) is 0 Å².